The highest BCUT2D eigenvalue weighted by Gasteiger charge is 2.34. The van der Waals surface area contributed by atoms with Crippen LogP contribution in [0.2, 0.25) is 5.02 Å². The molecule has 2 aromatic carbocycles. The van der Waals surface area contributed by atoms with Crippen molar-refractivity contribution in [3.63, 3.8) is 0 Å². The molecule has 2 N–H and O–H groups in total. The molecule has 2 heterocycles. The van der Waals surface area contributed by atoms with Gasteiger partial charge in [0.25, 0.3) is 0 Å². The van der Waals surface area contributed by atoms with E-state index in [0.29, 0.717) is 33.3 Å². The van der Waals surface area contributed by atoms with Crippen LogP contribution >= 0.6 is 22.9 Å². The van der Waals surface area contributed by atoms with Crippen LogP contribution in [0.3, 0.4) is 0 Å². The van der Waals surface area contributed by atoms with Crippen molar-refractivity contribution in [1.82, 2.24) is 0 Å². The Morgan fingerprint density at radius 2 is 2.03 bits per heavy atom. The molecule has 162 valence electrons. The van der Waals surface area contributed by atoms with Gasteiger partial charge in [0.1, 0.15) is 11.5 Å². The smallest absolute Gasteiger partial charge is 0.346 e. The number of carbonyl (C=O) groups excluding carboxylic acids is 1. The summed E-state index contributed by atoms with van der Waals surface area (Å²) in [5, 5.41) is 13.3. The molecular formula is C24H18ClNO5S. The molecule has 32 heavy (non-hydrogen) atoms. The van der Waals surface area contributed by atoms with Gasteiger partial charge in [0.2, 0.25) is 5.91 Å². The molecule has 6 nitrogen and oxygen atoms in total. The van der Waals surface area contributed by atoms with Gasteiger partial charge in [-0.15, -0.1) is 17.8 Å². The number of carbonyl (C=O) groups is 2. The molecule has 1 aliphatic rings. The Bertz CT molecular complexity index is 1240. The van der Waals surface area contributed by atoms with E-state index in [-0.39, 0.29) is 29.7 Å². The van der Waals surface area contributed by atoms with Gasteiger partial charge in [-0.05, 0) is 35.4 Å². The number of amides is 1. The maximum atomic E-state index is 12.6. The molecule has 0 radical (unpaired) electrons. The van der Waals surface area contributed by atoms with Gasteiger partial charge in [-0.1, -0.05) is 35.7 Å². The second-order valence-corrected chi connectivity index (χ2v) is 8.55. The SMILES string of the molecule is C#CCOc1cc([C@H]2CC(=O)Nc3c2sc(C(=O)O)c3-c2ccc(Cl)cc2)ccc1OC. The molecule has 0 saturated heterocycles. The molecule has 3 aromatic rings. The number of fused-ring (bicyclic) bond motifs is 1. The summed E-state index contributed by atoms with van der Waals surface area (Å²) in [5.41, 5.74) is 2.45. The van der Waals surface area contributed by atoms with Crippen LogP contribution in [0.15, 0.2) is 42.5 Å². The lowest BCUT2D eigenvalue weighted by Gasteiger charge is -2.24. The fourth-order valence-corrected chi connectivity index (χ4v) is 5.11. The fourth-order valence-electron chi connectivity index (χ4n) is 3.74. The highest BCUT2D eigenvalue weighted by molar-refractivity contribution is 7.15. The third-order valence-corrected chi connectivity index (χ3v) is 6.68. The number of nitrogens with one attached hydrogen (secondary N) is 1. The van der Waals surface area contributed by atoms with E-state index in [4.69, 9.17) is 27.5 Å². The molecule has 1 aromatic heterocycles. The summed E-state index contributed by atoms with van der Waals surface area (Å²) < 4.78 is 10.9. The summed E-state index contributed by atoms with van der Waals surface area (Å²) in [5.74, 6) is 1.79. The van der Waals surface area contributed by atoms with Crippen molar-refractivity contribution >= 4 is 40.5 Å². The predicted molar refractivity (Wildman–Crippen MR) is 124 cm³/mol. The molecule has 0 aliphatic carbocycles. The van der Waals surface area contributed by atoms with Gasteiger partial charge in [0.05, 0.1) is 12.8 Å². The predicted octanol–water partition coefficient (Wildman–Crippen LogP) is 5.26. The lowest BCUT2D eigenvalue weighted by molar-refractivity contribution is -0.116. The minimum atomic E-state index is -1.06. The highest BCUT2D eigenvalue weighted by atomic mass is 35.5. The zero-order valence-corrected chi connectivity index (χ0v) is 18.5. The average Bonchev–Trinajstić information content (AvgIpc) is 3.17. The van der Waals surface area contributed by atoms with Crippen molar-refractivity contribution in [2.75, 3.05) is 19.0 Å². The van der Waals surface area contributed by atoms with Crippen LogP contribution in [0.4, 0.5) is 5.69 Å². The molecule has 0 spiro atoms. The van der Waals surface area contributed by atoms with Gasteiger partial charge in [-0.25, -0.2) is 4.79 Å². The monoisotopic (exact) mass is 467 g/mol. The third kappa shape index (κ3) is 4.03. The van der Waals surface area contributed by atoms with Crippen molar-refractivity contribution in [3.05, 3.63) is 62.8 Å². The molecule has 0 saturated carbocycles. The number of terminal acetylenes is 1. The van der Waals surface area contributed by atoms with Crippen LogP contribution in [0.1, 0.15) is 32.5 Å². The number of methoxy groups -OCH3 is 1. The first-order valence-corrected chi connectivity index (χ1v) is 10.8. The van der Waals surface area contributed by atoms with E-state index in [1.54, 1.807) is 36.4 Å². The van der Waals surface area contributed by atoms with Crippen molar-refractivity contribution in [1.29, 1.82) is 0 Å². The van der Waals surface area contributed by atoms with E-state index < -0.39 is 5.97 Å². The van der Waals surface area contributed by atoms with E-state index in [9.17, 15) is 14.7 Å². The van der Waals surface area contributed by atoms with Crippen LogP contribution in [-0.2, 0) is 4.79 Å². The first kappa shape index (κ1) is 21.8. The first-order valence-electron chi connectivity index (χ1n) is 9.63. The molecule has 0 fully saturated rings. The maximum Gasteiger partial charge on any atom is 0.346 e. The number of hydrogen-bond donors (Lipinski definition) is 2. The van der Waals surface area contributed by atoms with Crippen LogP contribution < -0.4 is 14.8 Å². The Balaban J connectivity index is 1.86. The Morgan fingerprint density at radius 3 is 2.69 bits per heavy atom. The summed E-state index contributed by atoms with van der Waals surface area (Å²) in [4.78, 5) is 25.6. The largest absolute Gasteiger partial charge is 0.493 e. The van der Waals surface area contributed by atoms with Gasteiger partial charge in [-0.3, -0.25) is 4.79 Å². The van der Waals surface area contributed by atoms with Crippen LogP contribution in [-0.4, -0.2) is 30.7 Å². The fraction of sp³-hybridized carbons (Fsp3) is 0.167. The normalized spacial score (nSPS) is 14.8. The van der Waals surface area contributed by atoms with E-state index in [2.05, 4.69) is 11.2 Å². The number of carboxylic acid groups (broad SMARTS) is 1. The Kier molecular flexibility index (Phi) is 6.08. The minimum absolute atomic E-state index is 0.0685. The molecule has 0 unspecified atom stereocenters. The number of benzene rings is 2. The summed E-state index contributed by atoms with van der Waals surface area (Å²) in [6, 6.07) is 12.2. The number of thiophene rings is 1. The van der Waals surface area contributed by atoms with Crippen LogP contribution in [0.25, 0.3) is 11.1 Å². The van der Waals surface area contributed by atoms with Gasteiger partial charge < -0.3 is 19.9 Å². The zero-order chi connectivity index (χ0) is 22.8. The Labute approximate surface area is 193 Å². The van der Waals surface area contributed by atoms with E-state index >= 15 is 0 Å². The number of rotatable bonds is 6. The van der Waals surface area contributed by atoms with Crippen molar-refractivity contribution in [2.24, 2.45) is 0 Å². The molecule has 4 rings (SSSR count). The number of ether oxygens (including phenoxy) is 2. The van der Waals surface area contributed by atoms with E-state index in [1.807, 2.05) is 6.07 Å². The standard InChI is InChI=1S/C24H18ClNO5S/c1-3-10-31-18-11-14(6-9-17(18)30-2)16-12-19(27)26-21-20(13-4-7-15(25)8-5-13)23(24(28)29)32-22(16)21/h1,4-9,11,16H,10,12H2,2H3,(H,26,27)(H,28,29)/t16-/m1/s1. The second-order valence-electron chi connectivity index (χ2n) is 7.07. The number of carboxylic acids is 1. The van der Waals surface area contributed by atoms with E-state index in [0.717, 1.165) is 21.8 Å². The first-order chi connectivity index (χ1) is 15.4. The third-order valence-electron chi connectivity index (χ3n) is 5.13. The summed E-state index contributed by atoms with van der Waals surface area (Å²) in [6.45, 7) is 0.0685. The number of anilines is 1. The zero-order valence-electron chi connectivity index (χ0n) is 17.0. The van der Waals surface area contributed by atoms with Gasteiger partial charge in [-0.2, -0.15) is 0 Å². The topological polar surface area (TPSA) is 84.9 Å². The molecule has 1 aliphatic heterocycles. The van der Waals surface area contributed by atoms with Crippen LogP contribution in [0, 0.1) is 12.3 Å². The van der Waals surface area contributed by atoms with Gasteiger partial charge >= 0.3 is 5.97 Å². The molecular weight excluding hydrogens is 450 g/mol. The van der Waals surface area contributed by atoms with E-state index in [1.165, 1.54) is 7.11 Å². The highest BCUT2D eigenvalue weighted by Crippen LogP contribution is 2.50. The van der Waals surface area contributed by atoms with Crippen molar-refractivity contribution < 1.29 is 24.2 Å². The van der Waals surface area contributed by atoms with Crippen LogP contribution in [0.5, 0.6) is 11.5 Å². The Morgan fingerprint density at radius 1 is 1.28 bits per heavy atom. The number of hydrogen-bond acceptors (Lipinski definition) is 5. The summed E-state index contributed by atoms with van der Waals surface area (Å²) in [7, 11) is 1.53. The Hall–Kier alpha value is -3.47. The minimum Gasteiger partial charge on any atom is -0.493 e. The maximum absolute atomic E-state index is 12.6. The lowest BCUT2D eigenvalue weighted by atomic mass is 9.88. The lowest BCUT2D eigenvalue weighted by Crippen LogP contribution is -2.22. The number of halogens is 1. The molecule has 8 heteroatoms. The second kappa shape index (κ2) is 8.95. The van der Waals surface area contributed by atoms with Crippen molar-refractivity contribution in [2.45, 2.75) is 12.3 Å². The molecule has 1 amide bonds. The molecule has 0 bridgehead atoms. The average molecular weight is 468 g/mol. The quantitative estimate of drug-likeness (QED) is 0.483. The molecule has 1 atom stereocenters. The summed E-state index contributed by atoms with van der Waals surface area (Å²) in [6.07, 6.45) is 5.49. The number of aromatic carboxylic acids is 1. The van der Waals surface area contributed by atoms with Gasteiger partial charge in [0.15, 0.2) is 11.5 Å². The van der Waals surface area contributed by atoms with Gasteiger partial charge in [0, 0.05) is 27.8 Å². The van der Waals surface area contributed by atoms with Crippen molar-refractivity contribution in [3.8, 4) is 35.0 Å². The summed E-state index contributed by atoms with van der Waals surface area (Å²) >= 11 is 7.16.